The summed E-state index contributed by atoms with van der Waals surface area (Å²) in [5.74, 6) is -1.79. The normalized spacial score (nSPS) is 24.0. The van der Waals surface area contributed by atoms with Crippen molar-refractivity contribution in [3.63, 3.8) is 0 Å². The van der Waals surface area contributed by atoms with Gasteiger partial charge in [0, 0.05) is 91.5 Å². The minimum absolute atomic E-state index is 0.0682. The van der Waals surface area contributed by atoms with E-state index in [0.717, 1.165) is 49.6 Å². The van der Waals surface area contributed by atoms with E-state index in [-0.39, 0.29) is 47.9 Å². The molecule has 3 aromatic rings. The van der Waals surface area contributed by atoms with Crippen LogP contribution in [0.25, 0.3) is 0 Å². The maximum Gasteiger partial charge on any atom is 0.262 e. The zero-order valence-corrected chi connectivity index (χ0v) is 34.9. The van der Waals surface area contributed by atoms with Crippen molar-refractivity contribution >= 4 is 52.7 Å². The molecule has 0 spiro atoms. The van der Waals surface area contributed by atoms with Crippen molar-refractivity contribution in [1.82, 2.24) is 25.3 Å². The number of halogens is 1. The molecule has 0 aromatic heterocycles. The Morgan fingerprint density at radius 2 is 1.47 bits per heavy atom. The molecule has 15 heteroatoms. The number of rotatable bonds is 8. The summed E-state index contributed by atoms with van der Waals surface area (Å²) in [6.45, 7) is 12.4. The summed E-state index contributed by atoms with van der Waals surface area (Å²) in [7, 11) is 0. The fourth-order valence-electron chi connectivity index (χ4n) is 10.2. The number of hydrogen-bond donors (Lipinski definition) is 2. The molecule has 1 unspecified atom stereocenters. The number of ether oxygens (including phenoxy) is 1. The van der Waals surface area contributed by atoms with E-state index < -0.39 is 40.5 Å². The van der Waals surface area contributed by atoms with Gasteiger partial charge in [0.1, 0.15) is 24.0 Å². The lowest BCUT2D eigenvalue weighted by Crippen LogP contribution is -2.74. The van der Waals surface area contributed by atoms with Crippen molar-refractivity contribution in [3.05, 3.63) is 93.5 Å². The maximum atomic E-state index is 13.6. The molecule has 2 N–H and O–H groups in total. The fraction of sp³-hybridized carbons (Fsp3) is 0.444. The van der Waals surface area contributed by atoms with Crippen LogP contribution in [-0.2, 0) is 9.59 Å². The first-order valence-electron chi connectivity index (χ1n) is 20.5. The van der Waals surface area contributed by atoms with E-state index in [0.29, 0.717) is 46.6 Å². The molecule has 14 nitrogen and oxygen atoms in total. The lowest BCUT2D eigenvalue weighted by atomic mass is 9.49. The van der Waals surface area contributed by atoms with Gasteiger partial charge < -0.3 is 19.9 Å². The lowest BCUT2D eigenvalue weighted by Gasteiger charge is -2.63. The first-order chi connectivity index (χ1) is 28.6. The number of nitrogens with one attached hydrogen (secondary N) is 2. The third-order valence-electron chi connectivity index (χ3n) is 13.2. The van der Waals surface area contributed by atoms with Gasteiger partial charge in [-0.05, 0) is 73.9 Å². The number of carbonyl (C=O) groups excluding carboxylic acids is 6. The van der Waals surface area contributed by atoms with Crippen LogP contribution in [0.5, 0.6) is 5.75 Å². The number of nitriles is 1. The minimum Gasteiger partial charge on any atom is -0.489 e. The molecule has 60 heavy (non-hydrogen) atoms. The highest BCUT2D eigenvalue weighted by Gasteiger charge is 2.64. The molecular formula is C45H48ClN7O7. The molecule has 5 aliphatic rings. The Labute approximate surface area is 353 Å². The van der Waals surface area contributed by atoms with Crippen LogP contribution in [0, 0.1) is 22.2 Å². The SMILES string of the molecule is CC1(C)[C@H](NC(=O)c2ccc(C(=O)N3CCN(C4CCN(c5ccc6c(c5)C(=O)N(C5CCC(=O)NC5=O)C6=O)CC4)CC3)cc2)C(C)(C)[C@H]1Oc1ccc(C#N)c(Cl)c1. The molecule has 4 fully saturated rings. The summed E-state index contributed by atoms with van der Waals surface area (Å²) < 4.78 is 6.35. The van der Waals surface area contributed by atoms with E-state index in [1.165, 1.54) is 0 Å². The predicted octanol–water partition coefficient (Wildman–Crippen LogP) is 4.65. The van der Waals surface area contributed by atoms with Crippen LogP contribution in [0.1, 0.15) is 100 Å². The number of benzene rings is 3. The van der Waals surface area contributed by atoms with Crippen LogP contribution in [0.4, 0.5) is 5.69 Å². The van der Waals surface area contributed by atoms with Crippen LogP contribution in [-0.4, -0.2) is 114 Å². The van der Waals surface area contributed by atoms with Gasteiger partial charge in [0.25, 0.3) is 23.6 Å². The summed E-state index contributed by atoms with van der Waals surface area (Å²) in [5, 5.41) is 15.0. The van der Waals surface area contributed by atoms with Crippen LogP contribution in [0.2, 0.25) is 5.02 Å². The Hall–Kier alpha value is -5.78. The van der Waals surface area contributed by atoms with Crippen LogP contribution >= 0.6 is 11.6 Å². The van der Waals surface area contributed by atoms with E-state index in [2.05, 4.69) is 54.2 Å². The summed E-state index contributed by atoms with van der Waals surface area (Å²) in [6.07, 6.45) is 1.76. The molecule has 3 aromatic carbocycles. The smallest absolute Gasteiger partial charge is 0.262 e. The Bertz CT molecular complexity index is 2310. The number of piperidine rings is 2. The molecule has 4 aliphatic heterocycles. The number of amides is 6. The molecule has 0 bridgehead atoms. The van der Waals surface area contributed by atoms with Gasteiger partial charge >= 0.3 is 0 Å². The molecule has 1 aliphatic carbocycles. The van der Waals surface area contributed by atoms with Crippen molar-refractivity contribution < 1.29 is 33.5 Å². The van der Waals surface area contributed by atoms with Gasteiger partial charge in [-0.1, -0.05) is 39.3 Å². The molecule has 312 valence electrons. The van der Waals surface area contributed by atoms with Crippen molar-refractivity contribution in [2.75, 3.05) is 44.2 Å². The predicted molar refractivity (Wildman–Crippen MR) is 222 cm³/mol. The zero-order valence-electron chi connectivity index (χ0n) is 34.1. The number of piperazine rings is 1. The number of hydrogen-bond acceptors (Lipinski definition) is 10. The van der Waals surface area contributed by atoms with E-state index in [9.17, 15) is 34.0 Å². The zero-order chi connectivity index (χ0) is 42.7. The topological polar surface area (TPSA) is 172 Å². The average molecular weight is 834 g/mol. The molecule has 1 saturated carbocycles. The fourth-order valence-corrected chi connectivity index (χ4v) is 10.4. The molecule has 4 heterocycles. The van der Waals surface area contributed by atoms with Crippen LogP contribution in [0.3, 0.4) is 0 Å². The van der Waals surface area contributed by atoms with Crippen molar-refractivity contribution in [2.24, 2.45) is 10.8 Å². The third-order valence-corrected chi connectivity index (χ3v) is 13.5. The van der Waals surface area contributed by atoms with Gasteiger partial charge in [-0.3, -0.25) is 43.9 Å². The van der Waals surface area contributed by atoms with E-state index in [1.807, 2.05) is 11.0 Å². The first-order valence-corrected chi connectivity index (χ1v) is 20.9. The van der Waals surface area contributed by atoms with E-state index >= 15 is 0 Å². The number of anilines is 1. The van der Waals surface area contributed by atoms with Gasteiger partial charge in [0.15, 0.2) is 0 Å². The quantitative estimate of drug-likeness (QED) is 0.305. The Balaban J connectivity index is 0.806. The average Bonchev–Trinajstić information content (AvgIpc) is 3.49. The second-order valence-corrected chi connectivity index (χ2v) is 18.0. The summed E-state index contributed by atoms with van der Waals surface area (Å²) in [5.41, 5.74) is 1.94. The van der Waals surface area contributed by atoms with Crippen LogP contribution < -0.4 is 20.3 Å². The summed E-state index contributed by atoms with van der Waals surface area (Å²) in [4.78, 5) is 85.1. The minimum atomic E-state index is -0.997. The molecule has 3 saturated heterocycles. The Kier molecular flexibility index (Phi) is 10.7. The van der Waals surface area contributed by atoms with E-state index in [1.54, 1.807) is 54.6 Å². The Morgan fingerprint density at radius 3 is 2.10 bits per heavy atom. The van der Waals surface area contributed by atoms with Crippen molar-refractivity contribution in [2.45, 2.75) is 77.6 Å². The highest BCUT2D eigenvalue weighted by atomic mass is 35.5. The monoisotopic (exact) mass is 833 g/mol. The second-order valence-electron chi connectivity index (χ2n) is 17.6. The second kappa shape index (κ2) is 15.7. The number of nitrogens with zero attached hydrogens (tertiary/aromatic N) is 5. The highest BCUT2D eigenvalue weighted by Crippen LogP contribution is 2.55. The maximum absolute atomic E-state index is 13.6. The molecule has 0 radical (unpaired) electrons. The summed E-state index contributed by atoms with van der Waals surface area (Å²) >= 11 is 6.24. The standard InChI is InChI=1S/C45H48ClN7O7/c1-44(2)42(45(3,4)43(44)60-31-11-9-28(25-47)34(46)24-31)49-37(55)26-5-7-27(8-6-26)39(57)52-21-19-51(20-22-52)29-15-17-50(18-16-29)30-10-12-32-33(23-30)41(59)53(40(32)58)35-13-14-36(54)48-38(35)56/h5-12,23-24,29,35,42-43H,13-22H2,1-4H3,(H,49,55)(H,48,54,56)/t35?,42-,43-. The number of fused-ring (bicyclic) bond motifs is 1. The van der Waals surface area contributed by atoms with Gasteiger partial charge in [-0.15, -0.1) is 0 Å². The molecule has 8 rings (SSSR count). The number of imide groups is 2. The van der Waals surface area contributed by atoms with Gasteiger partial charge in [-0.2, -0.15) is 5.26 Å². The highest BCUT2D eigenvalue weighted by molar-refractivity contribution is 6.31. The van der Waals surface area contributed by atoms with Gasteiger partial charge in [-0.25, -0.2) is 0 Å². The van der Waals surface area contributed by atoms with Crippen LogP contribution in [0.15, 0.2) is 60.7 Å². The molecule has 6 amide bonds. The van der Waals surface area contributed by atoms with Crippen molar-refractivity contribution in [1.29, 1.82) is 5.26 Å². The Morgan fingerprint density at radius 1 is 0.817 bits per heavy atom. The van der Waals surface area contributed by atoms with E-state index in [4.69, 9.17) is 16.3 Å². The summed E-state index contributed by atoms with van der Waals surface area (Å²) in [6, 6.07) is 18.3. The van der Waals surface area contributed by atoms with Gasteiger partial charge in [0.2, 0.25) is 11.8 Å². The largest absolute Gasteiger partial charge is 0.489 e. The number of carbonyl (C=O) groups is 6. The van der Waals surface area contributed by atoms with Crippen molar-refractivity contribution in [3.8, 4) is 11.8 Å². The lowest BCUT2D eigenvalue weighted by molar-refractivity contribution is -0.164. The first kappa shape index (κ1) is 41.0. The molecular weight excluding hydrogens is 786 g/mol. The van der Waals surface area contributed by atoms with Gasteiger partial charge in [0.05, 0.1) is 21.7 Å². The molecule has 1 atom stereocenters. The third kappa shape index (κ3) is 7.28.